The van der Waals surface area contributed by atoms with Gasteiger partial charge in [0.2, 0.25) is 11.8 Å². The Bertz CT molecular complexity index is 727. The van der Waals surface area contributed by atoms with Crippen LogP contribution in [0.4, 0.5) is 4.39 Å². The first kappa shape index (κ1) is 16.5. The molecule has 0 saturated carbocycles. The SMILES string of the molecule is CCCOc1cccc(-c2c(C(N)=O)cccc2C(N)=O)c1F. The van der Waals surface area contributed by atoms with Gasteiger partial charge in [-0.2, -0.15) is 0 Å². The molecule has 0 radical (unpaired) electrons. The zero-order valence-corrected chi connectivity index (χ0v) is 12.6. The van der Waals surface area contributed by atoms with E-state index < -0.39 is 17.6 Å². The van der Waals surface area contributed by atoms with Gasteiger partial charge in [0.25, 0.3) is 0 Å². The molecule has 0 aromatic heterocycles. The molecule has 0 heterocycles. The summed E-state index contributed by atoms with van der Waals surface area (Å²) in [7, 11) is 0. The molecule has 0 aliphatic carbocycles. The predicted molar refractivity (Wildman–Crippen MR) is 84.7 cm³/mol. The monoisotopic (exact) mass is 316 g/mol. The van der Waals surface area contributed by atoms with Crippen molar-refractivity contribution in [1.29, 1.82) is 0 Å². The number of benzene rings is 2. The molecule has 0 bridgehead atoms. The van der Waals surface area contributed by atoms with Crippen LogP contribution in [-0.2, 0) is 0 Å². The molecule has 0 saturated heterocycles. The maximum atomic E-state index is 14.7. The highest BCUT2D eigenvalue weighted by atomic mass is 19.1. The molecule has 2 aromatic carbocycles. The van der Waals surface area contributed by atoms with E-state index in [2.05, 4.69) is 0 Å². The van der Waals surface area contributed by atoms with Crippen LogP contribution in [0.5, 0.6) is 5.75 Å². The quantitative estimate of drug-likeness (QED) is 0.857. The zero-order valence-electron chi connectivity index (χ0n) is 12.6. The zero-order chi connectivity index (χ0) is 17.0. The van der Waals surface area contributed by atoms with E-state index >= 15 is 0 Å². The Balaban J connectivity index is 2.71. The van der Waals surface area contributed by atoms with Gasteiger partial charge in [0, 0.05) is 22.3 Å². The molecule has 2 aromatic rings. The second kappa shape index (κ2) is 6.91. The lowest BCUT2D eigenvalue weighted by atomic mass is 9.93. The van der Waals surface area contributed by atoms with E-state index in [9.17, 15) is 14.0 Å². The van der Waals surface area contributed by atoms with E-state index in [0.717, 1.165) is 0 Å². The van der Waals surface area contributed by atoms with Gasteiger partial charge in [-0.1, -0.05) is 25.1 Å². The smallest absolute Gasteiger partial charge is 0.249 e. The number of amides is 2. The number of nitrogens with two attached hydrogens (primary N) is 2. The second-order valence-corrected chi connectivity index (χ2v) is 4.92. The Labute approximate surface area is 133 Å². The molecule has 0 spiro atoms. The molecular formula is C17H17FN2O3. The fourth-order valence-electron chi connectivity index (χ4n) is 2.28. The lowest BCUT2D eigenvalue weighted by Gasteiger charge is -2.14. The van der Waals surface area contributed by atoms with E-state index in [0.29, 0.717) is 13.0 Å². The lowest BCUT2D eigenvalue weighted by molar-refractivity contribution is 0.0999. The number of hydrogen-bond acceptors (Lipinski definition) is 3. The van der Waals surface area contributed by atoms with Crippen molar-refractivity contribution in [3.63, 3.8) is 0 Å². The van der Waals surface area contributed by atoms with Crippen LogP contribution in [0, 0.1) is 5.82 Å². The fourth-order valence-corrected chi connectivity index (χ4v) is 2.28. The summed E-state index contributed by atoms with van der Waals surface area (Å²) in [5.41, 5.74) is 10.9. The molecule has 0 unspecified atom stereocenters. The Morgan fingerprint density at radius 1 is 1.04 bits per heavy atom. The third kappa shape index (κ3) is 3.31. The Hall–Kier alpha value is -2.89. The van der Waals surface area contributed by atoms with Crippen molar-refractivity contribution in [3.05, 3.63) is 53.3 Å². The van der Waals surface area contributed by atoms with E-state index in [1.165, 1.54) is 30.3 Å². The summed E-state index contributed by atoms with van der Waals surface area (Å²) >= 11 is 0. The number of rotatable bonds is 6. The minimum Gasteiger partial charge on any atom is -0.491 e. The van der Waals surface area contributed by atoms with Gasteiger partial charge in [0.1, 0.15) is 0 Å². The molecule has 4 N–H and O–H groups in total. The van der Waals surface area contributed by atoms with Crippen LogP contribution in [0.15, 0.2) is 36.4 Å². The van der Waals surface area contributed by atoms with Gasteiger partial charge in [-0.15, -0.1) is 0 Å². The predicted octanol–water partition coefficient (Wildman–Crippen LogP) is 2.48. The highest BCUT2D eigenvalue weighted by molar-refractivity contribution is 6.08. The summed E-state index contributed by atoms with van der Waals surface area (Å²) < 4.78 is 20.1. The number of primary amides is 2. The summed E-state index contributed by atoms with van der Waals surface area (Å²) in [6.07, 6.45) is 0.716. The maximum Gasteiger partial charge on any atom is 0.249 e. The van der Waals surface area contributed by atoms with Gasteiger partial charge >= 0.3 is 0 Å². The van der Waals surface area contributed by atoms with E-state index in [1.807, 2.05) is 6.92 Å². The Kier molecular flexibility index (Phi) is 4.95. The summed E-state index contributed by atoms with van der Waals surface area (Å²) in [4.78, 5) is 23.3. The van der Waals surface area contributed by atoms with Crippen LogP contribution in [0.1, 0.15) is 34.1 Å². The van der Waals surface area contributed by atoms with Crippen molar-refractivity contribution in [2.75, 3.05) is 6.61 Å². The molecule has 2 rings (SSSR count). The normalized spacial score (nSPS) is 10.3. The second-order valence-electron chi connectivity index (χ2n) is 4.92. The third-order valence-electron chi connectivity index (χ3n) is 3.29. The summed E-state index contributed by atoms with van der Waals surface area (Å²) in [5.74, 6) is -2.18. The van der Waals surface area contributed by atoms with Crippen LogP contribution in [-0.4, -0.2) is 18.4 Å². The van der Waals surface area contributed by atoms with Crippen molar-refractivity contribution in [2.24, 2.45) is 11.5 Å². The molecule has 120 valence electrons. The van der Waals surface area contributed by atoms with E-state index in [-0.39, 0.29) is 28.0 Å². The van der Waals surface area contributed by atoms with Crippen molar-refractivity contribution < 1.29 is 18.7 Å². The topological polar surface area (TPSA) is 95.4 Å². The Morgan fingerprint density at radius 2 is 1.61 bits per heavy atom. The standard InChI is InChI=1S/C17H17FN2O3/c1-2-9-23-13-8-4-5-10(15(13)18)14-11(16(19)21)6-3-7-12(14)17(20)22/h3-8H,2,9H2,1H3,(H2,19,21)(H2,20,22). The third-order valence-corrected chi connectivity index (χ3v) is 3.29. The lowest BCUT2D eigenvalue weighted by Crippen LogP contribution is -2.18. The molecule has 6 heteroatoms. The number of carbonyl (C=O) groups excluding carboxylic acids is 2. The van der Waals surface area contributed by atoms with Gasteiger partial charge in [-0.25, -0.2) is 4.39 Å². The number of carbonyl (C=O) groups is 2. The van der Waals surface area contributed by atoms with Crippen LogP contribution in [0.25, 0.3) is 11.1 Å². The van der Waals surface area contributed by atoms with Crippen LogP contribution < -0.4 is 16.2 Å². The Morgan fingerprint density at radius 3 is 2.13 bits per heavy atom. The number of ether oxygens (including phenoxy) is 1. The summed E-state index contributed by atoms with van der Waals surface area (Å²) in [6, 6.07) is 8.81. The highest BCUT2D eigenvalue weighted by Crippen LogP contribution is 2.33. The largest absolute Gasteiger partial charge is 0.491 e. The molecule has 0 aliphatic heterocycles. The average molecular weight is 316 g/mol. The van der Waals surface area contributed by atoms with Gasteiger partial charge in [0.15, 0.2) is 11.6 Å². The van der Waals surface area contributed by atoms with Crippen molar-refractivity contribution in [3.8, 4) is 16.9 Å². The summed E-state index contributed by atoms with van der Waals surface area (Å²) in [6.45, 7) is 2.25. The molecule has 5 nitrogen and oxygen atoms in total. The maximum absolute atomic E-state index is 14.7. The van der Waals surface area contributed by atoms with E-state index in [1.54, 1.807) is 6.07 Å². The minimum absolute atomic E-state index is 0.0211. The number of hydrogen-bond donors (Lipinski definition) is 2. The highest BCUT2D eigenvalue weighted by Gasteiger charge is 2.21. The van der Waals surface area contributed by atoms with Crippen LogP contribution in [0.2, 0.25) is 0 Å². The molecule has 0 atom stereocenters. The summed E-state index contributed by atoms with van der Waals surface area (Å²) in [5, 5.41) is 0. The molecule has 0 fully saturated rings. The van der Waals surface area contributed by atoms with Crippen molar-refractivity contribution in [1.82, 2.24) is 0 Å². The molecule has 23 heavy (non-hydrogen) atoms. The first-order valence-corrected chi connectivity index (χ1v) is 7.11. The average Bonchev–Trinajstić information content (AvgIpc) is 2.53. The first-order chi connectivity index (χ1) is 11.0. The minimum atomic E-state index is -0.776. The van der Waals surface area contributed by atoms with Gasteiger partial charge in [-0.3, -0.25) is 9.59 Å². The molecule has 0 aliphatic rings. The fraction of sp³-hybridized carbons (Fsp3) is 0.176. The van der Waals surface area contributed by atoms with Gasteiger partial charge in [-0.05, 0) is 24.6 Å². The van der Waals surface area contributed by atoms with Crippen LogP contribution in [0.3, 0.4) is 0 Å². The number of halogens is 1. The van der Waals surface area contributed by atoms with Crippen LogP contribution >= 0.6 is 0 Å². The van der Waals surface area contributed by atoms with Crippen molar-refractivity contribution >= 4 is 11.8 Å². The van der Waals surface area contributed by atoms with Gasteiger partial charge < -0.3 is 16.2 Å². The molecule has 2 amide bonds. The molecular weight excluding hydrogens is 299 g/mol. The van der Waals surface area contributed by atoms with E-state index in [4.69, 9.17) is 16.2 Å². The van der Waals surface area contributed by atoms with Gasteiger partial charge in [0.05, 0.1) is 6.61 Å². The first-order valence-electron chi connectivity index (χ1n) is 7.11. The van der Waals surface area contributed by atoms with Crippen molar-refractivity contribution in [2.45, 2.75) is 13.3 Å².